The van der Waals surface area contributed by atoms with Crippen LogP contribution < -0.4 is 0 Å². The molecule has 2 atom stereocenters. The average Bonchev–Trinajstić information content (AvgIpc) is 2.77. The van der Waals surface area contributed by atoms with Gasteiger partial charge in [-0.25, -0.2) is 0 Å². The van der Waals surface area contributed by atoms with Crippen LogP contribution in [0.1, 0.15) is 12.8 Å². The SMILES string of the molecule is C=CC(=O)N(CC(O)COCCC[Si](C)(O[Si](C)(C)C)O[Si](C)(C)C)CC(O)COCCC[Si](C)(O[Si](C)(C)C)O[Si](C)(C)C. The van der Waals surface area contributed by atoms with Gasteiger partial charge in [0.1, 0.15) is 0 Å². The summed E-state index contributed by atoms with van der Waals surface area (Å²) >= 11 is 0. The van der Waals surface area contributed by atoms with Crippen LogP contribution in [0.15, 0.2) is 12.7 Å². The van der Waals surface area contributed by atoms with Gasteiger partial charge in [0, 0.05) is 26.3 Å². The number of hydrogen-bond acceptors (Lipinski definition) is 9. The van der Waals surface area contributed by atoms with Crippen molar-refractivity contribution in [1.82, 2.24) is 4.90 Å². The largest absolute Gasteiger partial charge is 0.437 e. The van der Waals surface area contributed by atoms with E-state index in [0.717, 1.165) is 24.9 Å². The van der Waals surface area contributed by atoms with E-state index in [1.165, 1.54) is 11.0 Å². The fourth-order valence-electron chi connectivity index (χ4n) is 5.26. The van der Waals surface area contributed by atoms with Gasteiger partial charge < -0.3 is 41.0 Å². The van der Waals surface area contributed by atoms with Crippen molar-refractivity contribution in [2.24, 2.45) is 0 Å². The Labute approximate surface area is 282 Å². The summed E-state index contributed by atoms with van der Waals surface area (Å²) in [6.07, 6.45) is 0.925. The molecule has 0 aromatic rings. The van der Waals surface area contributed by atoms with Crippen molar-refractivity contribution in [1.29, 1.82) is 0 Å². The molecule has 0 aliphatic heterocycles. The van der Waals surface area contributed by atoms with Gasteiger partial charge in [0.25, 0.3) is 0 Å². The molecule has 2 N–H and O–H groups in total. The Bertz CT molecular complexity index is 780. The van der Waals surface area contributed by atoms with Gasteiger partial charge in [-0.05, 0) is 123 Å². The quantitative estimate of drug-likeness (QED) is 0.0652. The van der Waals surface area contributed by atoms with Gasteiger partial charge in [0.15, 0.2) is 33.3 Å². The van der Waals surface area contributed by atoms with E-state index in [9.17, 15) is 15.0 Å². The van der Waals surface area contributed by atoms with E-state index < -0.39 is 62.6 Å². The average molecular weight is 744 g/mol. The highest BCUT2D eigenvalue weighted by Gasteiger charge is 2.41. The molecule has 0 aliphatic rings. The highest BCUT2D eigenvalue weighted by atomic mass is 28.5. The van der Waals surface area contributed by atoms with Crippen LogP contribution in [0, 0.1) is 0 Å². The van der Waals surface area contributed by atoms with Crippen molar-refractivity contribution in [3.05, 3.63) is 12.7 Å². The molecule has 0 radical (unpaired) electrons. The molecule has 0 spiro atoms. The molecule has 268 valence electrons. The summed E-state index contributed by atoms with van der Waals surface area (Å²) in [4.78, 5) is 13.9. The van der Waals surface area contributed by atoms with Gasteiger partial charge in [-0.1, -0.05) is 6.58 Å². The van der Waals surface area contributed by atoms with E-state index in [4.69, 9.17) is 25.9 Å². The Morgan fingerprint density at radius 2 is 0.911 bits per heavy atom. The molecule has 0 rings (SSSR count). The van der Waals surface area contributed by atoms with E-state index in [1.807, 2.05) is 0 Å². The highest BCUT2D eigenvalue weighted by molar-refractivity contribution is 6.88. The second-order valence-electron chi connectivity index (χ2n) is 16.2. The number of rotatable bonds is 25. The van der Waals surface area contributed by atoms with Crippen LogP contribution in [0.2, 0.25) is 104 Å². The molecule has 0 bridgehead atoms. The van der Waals surface area contributed by atoms with Crippen LogP contribution in [0.3, 0.4) is 0 Å². The predicted molar refractivity (Wildman–Crippen MR) is 200 cm³/mol. The summed E-state index contributed by atoms with van der Waals surface area (Å²) < 4.78 is 37.7. The molecular formula is C29H69NO9Si6. The molecule has 0 saturated heterocycles. The number of nitrogens with zero attached hydrogens (tertiary/aromatic N) is 1. The van der Waals surface area contributed by atoms with Crippen molar-refractivity contribution >= 4 is 56.3 Å². The van der Waals surface area contributed by atoms with Gasteiger partial charge in [-0.15, -0.1) is 0 Å². The second-order valence-corrected chi connectivity index (χ2v) is 41.9. The smallest absolute Gasteiger partial charge is 0.314 e. The number of amides is 1. The number of carbonyl (C=O) groups is 1. The summed E-state index contributed by atoms with van der Waals surface area (Å²) in [5.74, 6) is -0.365. The number of aliphatic hydroxyl groups excluding tert-OH is 2. The van der Waals surface area contributed by atoms with Crippen LogP contribution in [0.5, 0.6) is 0 Å². The number of carbonyl (C=O) groups excluding carboxylic acids is 1. The Morgan fingerprint density at radius 1 is 0.622 bits per heavy atom. The van der Waals surface area contributed by atoms with Crippen molar-refractivity contribution in [2.75, 3.05) is 39.5 Å². The second kappa shape index (κ2) is 19.4. The van der Waals surface area contributed by atoms with Crippen LogP contribution in [0.4, 0.5) is 0 Å². The normalized spacial score (nSPS) is 15.2. The van der Waals surface area contributed by atoms with E-state index >= 15 is 0 Å². The molecule has 0 saturated carbocycles. The first-order valence-electron chi connectivity index (χ1n) is 16.4. The Hall–Kier alpha value is 0.191. The first kappa shape index (κ1) is 45.2. The summed E-state index contributed by atoms with van der Waals surface area (Å²) in [5.41, 5.74) is 0. The van der Waals surface area contributed by atoms with Gasteiger partial charge in [-0.3, -0.25) is 4.79 Å². The molecule has 0 aliphatic carbocycles. The summed E-state index contributed by atoms with van der Waals surface area (Å²) in [5, 5.41) is 21.2. The van der Waals surface area contributed by atoms with E-state index in [1.54, 1.807) is 0 Å². The third-order valence-corrected chi connectivity index (χ3v) is 25.1. The zero-order valence-corrected chi connectivity index (χ0v) is 37.2. The lowest BCUT2D eigenvalue weighted by Crippen LogP contribution is -2.52. The van der Waals surface area contributed by atoms with E-state index in [2.05, 4.69) is 98.2 Å². The minimum atomic E-state index is -2.34. The van der Waals surface area contributed by atoms with Gasteiger partial charge in [0.2, 0.25) is 5.91 Å². The van der Waals surface area contributed by atoms with Gasteiger partial charge in [-0.2, -0.15) is 0 Å². The maximum absolute atomic E-state index is 12.5. The summed E-state index contributed by atoms with van der Waals surface area (Å²) in [7, 11) is -11.7. The lowest BCUT2D eigenvalue weighted by molar-refractivity contribution is -0.130. The van der Waals surface area contributed by atoms with Crippen molar-refractivity contribution in [3.63, 3.8) is 0 Å². The maximum atomic E-state index is 12.5. The molecule has 0 fully saturated rings. The topological polar surface area (TPSA) is 116 Å². The summed E-state index contributed by atoms with van der Waals surface area (Å²) in [6, 6.07) is 1.64. The molecule has 0 heterocycles. The molecular weight excluding hydrogens is 675 g/mol. The van der Waals surface area contributed by atoms with Crippen molar-refractivity contribution < 1.29 is 40.9 Å². The third kappa shape index (κ3) is 24.9. The van der Waals surface area contributed by atoms with Crippen LogP contribution in [-0.4, -0.2) is 123 Å². The lowest BCUT2D eigenvalue weighted by atomic mass is 10.2. The Morgan fingerprint density at radius 3 is 1.16 bits per heavy atom. The highest BCUT2D eigenvalue weighted by Crippen LogP contribution is 2.26. The predicted octanol–water partition coefficient (Wildman–Crippen LogP) is 6.09. The monoisotopic (exact) mass is 743 g/mol. The molecule has 45 heavy (non-hydrogen) atoms. The Kier molecular flexibility index (Phi) is 19.5. The van der Waals surface area contributed by atoms with Crippen LogP contribution in [-0.2, 0) is 30.7 Å². The molecule has 2 unspecified atom stereocenters. The molecule has 16 heteroatoms. The molecule has 10 nitrogen and oxygen atoms in total. The molecule has 1 amide bonds. The van der Waals surface area contributed by atoms with Crippen LogP contribution in [0.25, 0.3) is 0 Å². The first-order chi connectivity index (χ1) is 20.2. The third-order valence-electron chi connectivity index (χ3n) is 5.90. The molecule has 0 aromatic heterocycles. The zero-order valence-electron chi connectivity index (χ0n) is 31.2. The summed E-state index contributed by atoms with van der Waals surface area (Å²) in [6.45, 7) is 35.2. The fraction of sp³-hybridized carbons (Fsp3) is 0.897. The number of ether oxygens (including phenoxy) is 2. The van der Waals surface area contributed by atoms with E-state index in [-0.39, 0.29) is 32.2 Å². The number of aliphatic hydroxyl groups is 2. The first-order valence-corrected chi connectivity index (χ1v) is 35.1. The van der Waals surface area contributed by atoms with E-state index in [0.29, 0.717) is 13.2 Å². The van der Waals surface area contributed by atoms with Crippen molar-refractivity contribution in [2.45, 2.75) is 129 Å². The standard InChI is InChI=1S/C29H69NO9Si6/c1-16-29(33)30(23-27(31)25-34-19-17-21-44(14,36-40(2,3)4)37-41(5,6)7)24-28(32)26-35-20-18-22-45(15,38-42(8,9)10)39-43(11,12)13/h16,27-28,31-32H,1,17-26H2,2-15H3. The minimum Gasteiger partial charge on any atom is -0.437 e. The number of hydrogen-bond donors (Lipinski definition) is 2. The van der Waals surface area contributed by atoms with Crippen molar-refractivity contribution in [3.8, 4) is 0 Å². The van der Waals surface area contributed by atoms with Gasteiger partial charge in [0.05, 0.1) is 25.4 Å². The lowest BCUT2D eigenvalue weighted by Gasteiger charge is -2.38. The maximum Gasteiger partial charge on any atom is 0.314 e. The fourth-order valence-corrected chi connectivity index (χ4v) is 30.3. The molecule has 0 aromatic carbocycles. The minimum absolute atomic E-state index is 0.0257. The van der Waals surface area contributed by atoms with Gasteiger partial charge >= 0.3 is 17.1 Å². The Balaban J connectivity index is 4.76. The van der Waals surface area contributed by atoms with Crippen LogP contribution >= 0.6 is 0 Å². The zero-order chi connectivity index (χ0) is 35.3.